The number of methoxy groups -OCH3 is 2. The van der Waals surface area contributed by atoms with Crippen LogP contribution in [0.2, 0.25) is 0 Å². The Morgan fingerprint density at radius 1 is 1.11 bits per heavy atom. The van der Waals surface area contributed by atoms with Gasteiger partial charge in [0.25, 0.3) is 5.91 Å². The fraction of sp³-hybridized carbons (Fsp3) is 0.400. The molecule has 1 aromatic heterocycles. The number of nitrogens with one attached hydrogen (secondary N) is 1. The molecular weight excluding hydrogens is 346 g/mol. The zero-order valence-corrected chi connectivity index (χ0v) is 15.7. The Bertz CT molecular complexity index is 758. The van der Waals surface area contributed by atoms with Crippen LogP contribution in [0.5, 0.6) is 11.6 Å². The highest BCUT2D eigenvalue weighted by Crippen LogP contribution is 2.25. The van der Waals surface area contributed by atoms with E-state index in [2.05, 4.69) is 15.2 Å². The first-order chi connectivity index (χ1) is 13.2. The Labute approximate surface area is 159 Å². The summed E-state index contributed by atoms with van der Waals surface area (Å²) >= 11 is 0. The van der Waals surface area contributed by atoms with Crippen molar-refractivity contribution in [3.05, 3.63) is 42.0 Å². The maximum Gasteiger partial charge on any atom is 0.256 e. The van der Waals surface area contributed by atoms with E-state index in [9.17, 15) is 4.79 Å². The predicted molar refractivity (Wildman–Crippen MR) is 102 cm³/mol. The maximum atomic E-state index is 12.5. The molecule has 27 heavy (non-hydrogen) atoms. The lowest BCUT2D eigenvalue weighted by molar-refractivity contribution is 0.0383. The highest BCUT2D eigenvalue weighted by atomic mass is 16.5. The lowest BCUT2D eigenvalue weighted by Crippen LogP contribution is -2.41. The van der Waals surface area contributed by atoms with Crippen molar-refractivity contribution in [2.45, 2.75) is 0 Å². The van der Waals surface area contributed by atoms with E-state index in [1.54, 1.807) is 13.2 Å². The fourth-order valence-corrected chi connectivity index (χ4v) is 2.94. The van der Waals surface area contributed by atoms with Gasteiger partial charge in [-0.2, -0.15) is 0 Å². The van der Waals surface area contributed by atoms with Crippen molar-refractivity contribution in [3.63, 3.8) is 0 Å². The molecule has 0 bridgehead atoms. The summed E-state index contributed by atoms with van der Waals surface area (Å²) in [6, 6.07) is 11.1. The lowest BCUT2D eigenvalue weighted by Gasteiger charge is -2.26. The van der Waals surface area contributed by atoms with E-state index in [1.165, 1.54) is 7.11 Å². The first kappa shape index (κ1) is 19.1. The van der Waals surface area contributed by atoms with Crippen molar-refractivity contribution in [2.75, 3.05) is 53.6 Å². The van der Waals surface area contributed by atoms with E-state index in [-0.39, 0.29) is 5.91 Å². The third-order valence-corrected chi connectivity index (χ3v) is 4.50. The van der Waals surface area contributed by atoms with Crippen LogP contribution in [-0.4, -0.2) is 69.4 Å². The summed E-state index contributed by atoms with van der Waals surface area (Å²) in [4.78, 5) is 19.3. The van der Waals surface area contributed by atoms with Gasteiger partial charge in [-0.15, -0.1) is 0 Å². The van der Waals surface area contributed by atoms with Crippen molar-refractivity contribution >= 4 is 5.91 Å². The molecule has 1 aliphatic rings. The first-order valence-electron chi connectivity index (χ1n) is 8.99. The van der Waals surface area contributed by atoms with Crippen LogP contribution >= 0.6 is 0 Å². The number of hydrogen-bond donors (Lipinski definition) is 1. The predicted octanol–water partition coefficient (Wildman–Crippen LogP) is 1.83. The molecule has 0 radical (unpaired) electrons. The van der Waals surface area contributed by atoms with E-state index in [0.717, 1.165) is 49.9 Å². The number of rotatable bonds is 7. The summed E-state index contributed by atoms with van der Waals surface area (Å²) in [5, 5.41) is 2.94. The third kappa shape index (κ3) is 4.96. The Kier molecular flexibility index (Phi) is 6.62. The van der Waals surface area contributed by atoms with E-state index >= 15 is 0 Å². The topological polar surface area (TPSA) is 72.9 Å². The second-order valence-corrected chi connectivity index (χ2v) is 6.19. The molecule has 1 N–H and O–H groups in total. The van der Waals surface area contributed by atoms with Crippen LogP contribution in [0.1, 0.15) is 10.4 Å². The van der Waals surface area contributed by atoms with Crippen molar-refractivity contribution < 1.29 is 19.0 Å². The van der Waals surface area contributed by atoms with Gasteiger partial charge >= 0.3 is 0 Å². The number of carbonyl (C=O) groups excluding carboxylic acids is 1. The number of carbonyl (C=O) groups is 1. The van der Waals surface area contributed by atoms with E-state index in [4.69, 9.17) is 14.2 Å². The normalized spacial score (nSPS) is 14.6. The van der Waals surface area contributed by atoms with Crippen LogP contribution in [0.3, 0.4) is 0 Å². The Morgan fingerprint density at radius 2 is 1.85 bits per heavy atom. The molecule has 2 heterocycles. The Balaban J connectivity index is 1.64. The van der Waals surface area contributed by atoms with Crippen LogP contribution in [0.15, 0.2) is 36.4 Å². The molecule has 2 aromatic rings. The monoisotopic (exact) mass is 371 g/mol. The van der Waals surface area contributed by atoms with Gasteiger partial charge in [-0.05, 0) is 36.4 Å². The Hall–Kier alpha value is -2.64. The van der Waals surface area contributed by atoms with Gasteiger partial charge in [0, 0.05) is 31.7 Å². The number of amides is 1. The SMILES string of the molecule is COc1ccc(-c2ccc(C(=O)NCCN3CCOCC3)c(OC)n2)cc1. The van der Waals surface area contributed by atoms with Crippen LogP contribution in [0, 0.1) is 0 Å². The minimum Gasteiger partial charge on any atom is -0.497 e. The molecule has 1 fully saturated rings. The van der Waals surface area contributed by atoms with E-state index in [1.807, 2.05) is 30.3 Å². The average molecular weight is 371 g/mol. The smallest absolute Gasteiger partial charge is 0.256 e. The number of aromatic nitrogens is 1. The van der Waals surface area contributed by atoms with Gasteiger partial charge in [-0.3, -0.25) is 9.69 Å². The number of morpholine rings is 1. The molecule has 7 heteroatoms. The Morgan fingerprint density at radius 3 is 2.52 bits per heavy atom. The summed E-state index contributed by atoms with van der Waals surface area (Å²) in [5.41, 5.74) is 2.09. The van der Waals surface area contributed by atoms with Crippen molar-refractivity contribution in [1.29, 1.82) is 0 Å². The van der Waals surface area contributed by atoms with Crippen molar-refractivity contribution in [3.8, 4) is 22.9 Å². The molecule has 0 spiro atoms. The lowest BCUT2D eigenvalue weighted by atomic mass is 10.1. The largest absolute Gasteiger partial charge is 0.497 e. The third-order valence-electron chi connectivity index (χ3n) is 4.50. The number of hydrogen-bond acceptors (Lipinski definition) is 6. The molecule has 0 saturated carbocycles. The quantitative estimate of drug-likeness (QED) is 0.801. The van der Waals surface area contributed by atoms with Crippen LogP contribution in [-0.2, 0) is 4.74 Å². The molecular formula is C20H25N3O4. The summed E-state index contributed by atoms with van der Waals surface area (Å²) in [6.45, 7) is 4.67. The fourth-order valence-electron chi connectivity index (χ4n) is 2.94. The van der Waals surface area contributed by atoms with Crippen LogP contribution in [0.25, 0.3) is 11.3 Å². The minimum absolute atomic E-state index is 0.186. The molecule has 1 aromatic carbocycles. The second-order valence-electron chi connectivity index (χ2n) is 6.19. The van der Waals surface area contributed by atoms with Gasteiger partial charge < -0.3 is 19.5 Å². The number of benzene rings is 1. The highest BCUT2D eigenvalue weighted by molar-refractivity contribution is 5.96. The summed E-state index contributed by atoms with van der Waals surface area (Å²) in [6.07, 6.45) is 0. The van der Waals surface area contributed by atoms with Crippen LogP contribution in [0.4, 0.5) is 0 Å². The molecule has 7 nitrogen and oxygen atoms in total. The molecule has 1 aliphatic heterocycles. The van der Waals surface area contributed by atoms with Crippen LogP contribution < -0.4 is 14.8 Å². The van der Waals surface area contributed by atoms with E-state index < -0.39 is 0 Å². The zero-order chi connectivity index (χ0) is 19.1. The summed E-state index contributed by atoms with van der Waals surface area (Å²) < 4.78 is 15.8. The van der Waals surface area contributed by atoms with Gasteiger partial charge in [0.1, 0.15) is 11.3 Å². The van der Waals surface area contributed by atoms with Gasteiger partial charge in [0.15, 0.2) is 0 Å². The second kappa shape index (κ2) is 9.34. The van der Waals surface area contributed by atoms with Gasteiger partial charge in [-0.1, -0.05) is 0 Å². The molecule has 3 rings (SSSR count). The standard InChI is InChI=1S/C20H25N3O4/c1-25-16-5-3-15(4-6-16)18-8-7-17(20(22-18)26-2)19(24)21-9-10-23-11-13-27-14-12-23/h3-8H,9-14H2,1-2H3,(H,21,24). The summed E-state index contributed by atoms with van der Waals surface area (Å²) in [5.74, 6) is 0.906. The highest BCUT2D eigenvalue weighted by Gasteiger charge is 2.16. The van der Waals surface area contributed by atoms with Crippen molar-refractivity contribution in [2.24, 2.45) is 0 Å². The van der Waals surface area contributed by atoms with Crippen molar-refractivity contribution in [1.82, 2.24) is 15.2 Å². The summed E-state index contributed by atoms with van der Waals surface area (Å²) in [7, 11) is 3.15. The molecule has 0 aliphatic carbocycles. The average Bonchev–Trinajstić information content (AvgIpc) is 2.74. The zero-order valence-electron chi connectivity index (χ0n) is 15.7. The van der Waals surface area contributed by atoms with Gasteiger partial charge in [0.2, 0.25) is 5.88 Å². The molecule has 1 saturated heterocycles. The van der Waals surface area contributed by atoms with Gasteiger partial charge in [-0.25, -0.2) is 4.98 Å². The molecule has 0 unspecified atom stereocenters. The number of ether oxygens (including phenoxy) is 3. The molecule has 1 amide bonds. The maximum absolute atomic E-state index is 12.5. The number of pyridine rings is 1. The molecule has 0 atom stereocenters. The minimum atomic E-state index is -0.186. The first-order valence-corrected chi connectivity index (χ1v) is 8.99. The van der Waals surface area contributed by atoms with E-state index in [0.29, 0.717) is 18.0 Å². The van der Waals surface area contributed by atoms with Gasteiger partial charge in [0.05, 0.1) is 33.1 Å². The molecule has 144 valence electrons. The number of nitrogens with zero attached hydrogens (tertiary/aromatic N) is 2.